The number of thiocarbonyl (C=S) groups is 1. The summed E-state index contributed by atoms with van der Waals surface area (Å²) >= 11 is 17.2. The maximum atomic E-state index is 6.05. The molecule has 1 aromatic carbocycles. The van der Waals surface area contributed by atoms with Crippen molar-refractivity contribution in [1.82, 2.24) is 15.1 Å². The van der Waals surface area contributed by atoms with Crippen LogP contribution in [-0.2, 0) is 6.54 Å². The summed E-state index contributed by atoms with van der Waals surface area (Å²) in [6, 6.07) is 7.48. The van der Waals surface area contributed by atoms with Gasteiger partial charge < -0.3 is 10.6 Å². The van der Waals surface area contributed by atoms with Gasteiger partial charge in [-0.3, -0.25) is 4.68 Å². The number of nitrogens with zero attached hydrogens (tertiary/aromatic N) is 2. The second-order valence-corrected chi connectivity index (χ2v) is 5.76. The van der Waals surface area contributed by atoms with Crippen LogP contribution in [0.4, 0.5) is 5.69 Å². The molecule has 0 aliphatic carbocycles. The Morgan fingerprint density at radius 3 is 2.71 bits per heavy atom. The molecule has 2 aromatic rings. The third-order valence-electron chi connectivity index (χ3n) is 2.86. The van der Waals surface area contributed by atoms with E-state index in [-0.39, 0.29) is 0 Å². The van der Waals surface area contributed by atoms with Gasteiger partial charge in [0, 0.05) is 19.3 Å². The second-order valence-electron chi connectivity index (χ2n) is 4.54. The summed E-state index contributed by atoms with van der Waals surface area (Å²) in [4.78, 5) is 0. The van der Waals surface area contributed by atoms with Gasteiger partial charge in [0.25, 0.3) is 0 Å². The van der Waals surface area contributed by atoms with Gasteiger partial charge in [0.05, 0.1) is 21.4 Å². The number of hydrogen-bond acceptors (Lipinski definition) is 2. The Balaban J connectivity index is 1.71. The Kier molecular flexibility index (Phi) is 5.85. The number of nitrogens with one attached hydrogen (secondary N) is 2. The molecule has 2 N–H and O–H groups in total. The molecule has 0 saturated carbocycles. The monoisotopic (exact) mass is 342 g/mol. The number of aromatic nitrogens is 2. The highest BCUT2D eigenvalue weighted by atomic mass is 35.5. The first-order chi connectivity index (χ1) is 10.1. The first-order valence-corrected chi connectivity index (χ1v) is 7.71. The van der Waals surface area contributed by atoms with Gasteiger partial charge in [0.15, 0.2) is 5.11 Å². The van der Waals surface area contributed by atoms with Crippen LogP contribution in [0.15, 0.2) is 30.5 Å². The molecule has 0 atom stereocenters. The lowest BCUT2D eigenvalue weighted by Crippen LogP contribution is -2.29. The fourth-order valence-electron chi connectivity index (χ4n) is 1.78. The van der Waals surface area contributed by atoms with Crippen molar-refractivity contribution in [3.8, 4) is 0 Å². The maximum absolute atomic E-state index is 6.05. The number of anilines is 1. The lowest BCUT2D eigenvalue weighted by Gasteiger charge is -2.11. The summed E-state index contributed by atoms with van der Waals surface area (Å²) in [5.41, 5.74) is 1.65. The molecule has 0 unspecified atom stereocenters. The molecule has 0 fully saturated rings. The standard InChI is InChI=1S/C14H16Cl2N4S/c1-10-12(16)9-20(19-10)8-4-7-17-14(21)18-13-6-3-2-5-11(13)15/h2-3,5-6,9H,4,7-8H2,1H3,(H2,17,18,21). The minimum absolute atomic E-state index is 0.553. The number of benzene rings is 1. The van der Waals surface area contributed by atoms with Gasteiger partial charge in [-0.15, -0.1) is 0 Å². The van der Waals surface area contributed by atoms with Crippen LogP contribution in [0, 0.1) is 6.92 Å². The van der Waals surface area contributed by atoms with E-state index in [9.17, 15) is 0 Å². The van der Waals surface area contributed by atoms with E-state index < -0.39 is 0 Å². The average Bonchev–Trinajstić information content (AvgIpc) is 2.76. The van der Waals surface area contributed by atoms with E-state index in [1.165, 1.54) is 0 Å². The zero-order valence-electron chi connectivity index (χ0n) is 11.6. The molecule has 21 heavy (non-hydrogen) atoms. The molecule has 0 amide bonds. The van der Waals surface area contributed by atoms with E-state index in [2.05, 4.69) is 15.7 Å². The average molecular weight is 343 g/mol. The van der Waals surface area contributed by atoms with Gasteiger partial charge in [-0.05, 0) is 37.7 Å². The van der Waals surface area contributed by atoms with Crippen molar-refractivity contribution in [1.29, 1.82) is 0 Å². The molecule has 1 aromatic heterocycles. The van der Waals surface area contributed by atoms with Crippen molar-refractivity contribution in [2.24, 2.45) is 0 Å². The minimum atomic E-state index is 0.553. The van der Waals surface area contributed by atoms with Crippen LogP contribution in [0.2, 0.25) is 10.0 Å². The van der Waals surface area contributed by atoms with Crippen LogP contribution in [0.25, 0.3) is 0 Å². The molecule has 7 heteroatoms. The van der Waals surface area contributed by atoms with E-state index in [1.807, 2.05) is 42.1 Å². The van der Waals surface area contributed by atoms with Crippen LogP contribution >= 0.6 is 35.4 Å². The second kappa shape index (κ2) is 7.64. The van der Waals surface area contributed by atoms with Gasteiger partial charge >= 0.3 is 0 Å². The topological polar surface area (TPSA) is 41.9 Å². The Bertz CT molecular complexity index is 608. The highest BCUT2D eigenvalue weighted by Gasteiger charge is 2.03. The summed E-state index contributed by atoms with van der Waals surface area (Å²) in [5, 5.41) is 12.4. The number of hydrogen-bond donors (Lipinski definition) is 2. The van der Waals surface area contributed by atoms with Crippen LogP contribution in [-0.4, -0.2) is 21.4 Å². The predicted molar refractivity (Wildman–Crippen MR) is 92.3 cm³/mol. The lowest BCUT2D eigenvalue weighted by atomic mass is 10.3. The van der Waals surface area contributed by atoms with Crippen LogP contribution in [0.3, 0.4) is 0 Å². The number of rotatable bonds is 5. The number of halogens is 2. The van der Waals surface area contributed by atoms with Gasteiger partial charge in [0.1, 0.15) is 0 Å². The molecular formula is C14H16Cl2N4S. The third kappa shape index (κ3) is 4.88. The molecule has 0 aliphatic rings. The van der Waals surface area contributed by atoms with Gasteiger partial charge in [0.2, 0.25) is 0 Å². The molecule has 2 rings (SSSR count). The predicted octanol–water partition coefficient (Wildman–Crippen LogP) is 3.88. The van der Waals surface area contributed by atoms with Crippen LogP contribution in [0.5, 0.6) is 0 Å². The fourth-order valence-corrected chi connectivity index (χ4v) is 2.33. The molecule has 1 heterocycles. The molecule has 112 valence electrons. The van der Waals surface area contributed by atoms with E-state index in [0.717, 1.165) is 30.9 Å². The Hall–Kier alpha value is -1.30. The number of aryl methyl sites for hydroxylation is 2. The van der Waals surface area contributed by atoms with E-state index in [4.69, 9.17) is 35.4 Å². The quantitative estimate of drug-likeness (QED) is 0.639. The zero-order chi connectivity index (χ0) is 15.2. The van der Waals surface area contributed by atoms with Gasteiger partial charge in [-0.1, -0.05) is 35.3 Å². The van der Waals surface area contributed by atoms with E-state index >= 15 is 0 Å². The zero-order valence-corrected chi connectivity index (χ0v) is 13.9. The summed E-state index contributed by atoms with van der Waals surface area (Å²) < 4.78 is 1.84. The highest BCUT2D eigenvalue weighted by molar-refractivity contribution is 7.80. The third-order valence-corrected chi connectivity index (χ3v) is 3.81. The summed E-state index contributed by atoms with van der Waals surface area (Å²) in [5.74, 6) is 0. The molecule has 0 saturated heterocycles. The summed E-state index contributed by atoms with van der Waals surface area (Å²) in [6.45, 7) is 3.42. The van der Waals surface area contributed by atoms with Crippen molar-refractivity contribution < 1.29 is 0 Å². The smallest absolute Gasteiger partial charge is 0.170 e. The van der Waals surface area contributed by atoms with Crippen molar-refractivity contribution in [3.05, 3.63) is 46.2 Å². The number of para-hydroxylation sites is 1. The van der Waals surface area contributed by atoms with E-state index in [0.29, 0.717) is 15.2 Å². The highest BCUT2D eigenvalue weighted by Crippen LogP contribution is 2.20. The van der Waals surface area contributed by atoms with E-state index in [1.54, 1.807) is 0 Å². The molecule has 4 nitrogen and oxygen atoms in total. The maximum Gasteiger partial charge on any atom is 0.170 e. The Labute approximate surface area is 139 Å². The first kappa shape index (κ1) is 16.1. The SMILES string of the molecule is Cc1nn(CCCNC(=S)Nc2ccccc2Cl)cc1Cl. The minimum Gasteiger partial charge on any atom is -0.362 e. The Morgan fingerprint density at radius 2 is 2.05 bits per heavy atom. The fraction of sp³-hybridized carbons (Fsp3) is 0.286. The molecular weight excluding hydrogens is 327 g/mol. The molecule has 0 bridgehead atoms. The van der Waals surface area contributed by atoms with Crippen molar-refractivity contribution in [3.63, 3.8) is 0 Å². The largest absolute Gasteiger partial charge is 0.362 e. The van der Waals surface area contributed by atoms with Gasteiger partial charge in [-0.25, -0.2) is 0 Å². The lowest BCUT2D eigenvalue weighted by molar-refractivity contribution is 0.570. The Morgan fingerprint density at radius 1 is 1.29 bits per heavy atom. The normalized spacial score (nSPS) is 10.4. The molecule has 0 radical (unpaired) electrons. The van der Waals surface area contributed by atoms with Crippen molar-refractivity contribution >= 4 is 46.2 Å². The van der Waals surface area contributed by atoms with Crippen molar-refractivity contribution in [2.75, 3.05) is 11.9 Å². The van der Waals surface area contributed by atoms with Crippen LogP contribution in [0.1, 0.15) is 12.1 Å². The summed E-state index contributed by atoms with van der Waals surface area (Å²) in [7, 11) is 0. The first-order valence-electron chi connectivity index (χ1n) is 6.55. The molecule has 0 spiro atoms. The molecule has 0 aliphatic heterocycles. The van der Waals surface area contributed by atoms with Crippen LogP contribution < -0.4 is 10.6 Å². The van der Waals surface area contributed by atoms with Crippen molar-refractivity contribution in [2.45, 2.75) is 19.9 Å². The van der Waals surface area contributed by atoms with Gasteiger partial charge in [-0.2, -0.15) is 5.10 Å². The summed E-state index contributed by atoms with van der Waals surface area (Å²) in [6.07, 6.45) is 2.72.